The summed E-state index contributed by atoms with van der Waals surface area (Å²) in [5, 5.41) is 2.73. The molecule has 0 saturated heterocycles. The van der Waals surface area contributed by atoms with E-state index in [0.29, 0.717) is 5.69 Å². The number of anilines is 1. The normalized spacial score (nSPS) is 13.8. The van der Waals surface area contributed by atoms with E-state index in [1.54, 1.807) is 19.1 Å². The van der Waals surface area contributed by atoms with Gasteiger partial charge in [-0.05, 0) is 29.7 Å². The highest BCUT2D eigenvalue weighted by atomic mass is 32.2. The highest BCUT2D eigenvalue weighted by Crippen LogP contribution is 2.21. The molecular weight excluding hydrogens is 288 g/mol. The number of benzene rings is 1. The van der Waals surface area contributed by atoms with Gasteiger partial charge in [-0.25, -0.2) is 8.42 Å². The molecule has 118 valence electrons. The van der Waals surface area contributed by atoms with Crippen LogP contribution in [0.2, 0.25) is 0 Å². The first kappa shape index (κ1) is 17.7. The molecular formula is C15H24N2O3S. The van der Waals surface area contributed by atoms with Crippen LogP contribution in [-0.2, 0) is 14.6 Å². The topological polar surface area (TPSA) is 89.3 Å². The van der Waals surface area contributed by atoms with Gasteiger partial charge in [0.15, 0.2) is 9.84 Å². The van der Waals surface area contributed by atoms with E-state index in [-0.39, 0.29) is 34.4 Å². The summed E-state index contributed by atoms with van der Waals surface area (Å²) in [4.78, 5) is 12.2. The Kier molecular flexibility index (Phi) is 5.53. The maximum Gasteiger partial charge on any atom is 0.225 e. The van der Waals surface area contributed by atoms with E-state index in [1.807, 2.05) is 20.8 Å². The van der Waals surface area contributed by atoms with Gasteiger partial charge in [0.2, 0.25) is 5.91 Å². The Hall–Kier alpha value is -1.40. The van der Waals surface area contributed by atoms with E-state index < -0.39 is 9.84 Å². The van der Waals surface area contributed by atoms with Crippen molar-refractivity contribution in [3.05, 3.63) is 24.3 Å². The molecule has 3 N–H and O–H groups in total. The molecule has 0 aliphatic carbocycles. The van der Waals surface area contributed by atoms with Crippen LogP contribution >= 0.6 is 0 Å². The molecule has 1 amide bonds. The second kappa shape index (κ2) is 6.58. The van der Waals surface area contributed by atoms with Gasteiger partial charge in [-0.15, -0.1) is 0 Å². The van der Waals surface area contributed by atoms with Crippen molar-refractivity contribution in [3.8, 4) is 0 Å². The van der Waals surface area contributed by atoms with Crippen molar-refractivity contribution < 1.29 is 13.2 Å². The van der Waals surface area contributed by atoms with Crippen LogP contribution in [0.15, 0.2) is 29.2 Å². The average molecular weight is 312 g/mol. The van der Waals surface area contributed by atoms with Crippen LogP contribution in [0.5, 0.6) is 0 Å². The predicted molar refractivity (Wildman–Crippen MR) is 84.8 cm³/mol. The summed E-state index contributed by atoms with van der Waals surface area (Å²) in [5.74, 6) is -0.123. The third-order valence-electron chi connectivity index (χ3n) is 3.39. The van der Waals surface area contributed by atoms with Gasteiger partial charge in [-0.1, -0.05) is 27.7 Å². The van der Waals surface area contributed by atoms with Gasteiger partial charge in [-0.2, -0.15) is 0 Å². The second-order valence-corrected chi connectivity index (χ2v) is 8.43. The zero-order valence-electron chi connectivity index (χ0n) is 13.0. The smallest absolute Gasteiger partial charge is 0.225 e. The largest absolute Gasteiger partial charge is 0.327 e. The van der Waals surface area contributed by atoms with Gasteiger partial charge in [0.1, 0.15) is 0 Å². The number of hydrogen-bond acceptors (Lipinski definition) is 4. The maximum absolute atomic E-state index is 11.9. The molecule has 0 spiro atoms. The molecule has 1 aromatic carbocycles. The highest BCUT2D eigenvalue weighted by Gasteiger charge is 2.23. The molecule has 0 aliphatic rings. The Labute approximate surface area is 126 Å². The number of rotatable bonds is 5. The van der Waals surface area contributed by atoms with Crippen molar-refractivity contribution in [1.29, 1.82) is 0 Å². The van der Waals surface area contributed by atoms with Gasteiger partial charge >= 0.3 is 0 Å². The average Bonchev–Trinajstić information content (AvgIpc) is 2.38. The third-order valence-corrected chi connectivity index (χ3v) is 5.15. The zero-order valence-corrected chi connectivity index (χ0v) is 13.8. The molecule has 1 rings (SSSR count). The van der Waals surface area contributed by atoms with Crippen LogP contribution in [0.1, 0.15) is 34.1 Å². The van der Waals surface area contributed by atoms with Crippen LogP contribution < -0.4 is 11.1 Å². The molecule has 0 fully saturated rings. The van der Waals surface area contributed by atoms with Crippen molar-refractivity contribution in [3.63, 3.8) is 0 Å². The number of carbonyl (C=O) groups is 1. The number of sulfone groups is 1. The summed E-state index contributed by atoms with van der Waals surface area (Å²) >= 11 is 0. The van der Waals surface area contributed by atoms with Gasteiger partial charge in [0.05, 0.1) is 10.6 Å². The van der Waals surface area contributed by atoms with Crippen molar-refractivity contribution in [2.75, 3.05) is 11.1 Å². The Morgan fingerprint density at radius 1 is 1.24 bits per heavy atom. The van der Waals surface area contributed by atoms with E-state index in [4.69, 9.17) is 5.73 Å². The molecule has 0 bridgehead atoms. The van der Waals surface area contributed by atoms with E-state index >= 15 is 0 Å². The summed E-state index contributed by atoms with van der Waals surface area (Å²) in [6.45, 7) is 7.54. The molecule has 0 heterocycles. The SMILES string of the molecule is CCS(=O)(=O)c1ccc(NC(=O)CC(N)C(C)(C)C)cc1. The first-order chi connectivity index (χ1) is 9.56. The summed E-state index contributed by atoms with van der Waals surface area (Å²) in [5.41, 5.74) is 6.39. The van der Waals surface area contributed by atoms with Gasteiger partial charge < -0.3 is 11.1 Å². The molecule has 0 radical (unpaired) electrons. The molecule has 0 saturated carbocycles. The lowest BCUT2D eigenvalue weighted by atomic mass is 9.85. The molecule has 5 nitrogen and oxygen atoms in total. The monoisotopic (exact) mass is 312 g/mol. The minimum Gasteiger partial charge on any atom is -0.327 e. The summed E-state index contributed by atoms with van der Waals surface area (Å²) in [7, 11) is -3.21. The van der Waals surface area contributed by atoms with Gasteiger partial charge in [0.25, 0.3) is 0 Å². The molecule has 6 heteroatoms. The van der Waals surface area contributed by atoms with E-state index in [1.165, 1.54) is 12.1 Å². The minimum absolute atomic E-state index is 0.0547. The Morgan fingerprint density at radius 3 is 2.19 bits per heavy atom. The second-order valence-electron chi connectivity index (χ2n) is 6.15. The Balaban J connectivity index is 2.71. The Bertz CT molecular complexity index is 586. The van der Waals surface area contributed by atoms with Crippen LogP contribution in [0.3, 0.4) is 0 Å². The van der Waals surface area contributed by atoms with Crippen LogP contribution in [0.4, 0.5) is 5.69 Å². The summed E-state index contributed by atoms with van der Waals surface area (Å²) < 4.78 is 23.4. The third kappa shape index (κ3) is 5.13. The molecule has 1 unspecified atom stereocenters. The first-order valence-corrected chi connectivity index (χ1v) is 8.59. The predicted octanol–water partition coefficient (Wildman–Crippen LogP) is 2.18. The first-order valence-electron chi connectivity index (χ1n) is 6.94. The zero-order chi connectivity index (χ0) is 16.3. The number of nitrogens with one attached hydrogen (secondary N) is 1. The minimum atomic E-state index is -3.21. The lowest BCUT2D eigenvalue weighted by molar-refractivity contribution is -0.117. The van der Waals surface area contributed by atoms with Crippen molar-refractivity contribution in [1.82, 2.24) is 0 Å². The van der Waals surface area contributed by atoms with E-state index in [2.05, 4.69) is 5.32 Å². The van der Waals surface area contributed by atoms with Crippen LogP contribution in [0, 0.1) is 5.41 Å². The Morgan fingerprint density at radius 2 is 1.76 bits per heavy atom. The molecule has 1 atom stereocenters. The number of carbonyl (C=O) groups excluding carboxylic acids is 1. The fourth-order valence-corrected chi connectivity index (χ4v) is 2.51. The lowest BCUT2D eigenvalue weighted by Crippen LogP contribution is -2.38. The van der Waals surface area contributed by atoms with Crippen molar-refractivity contribution in [2.24, 2.45) is 11.1 Å². The molecule has 0 aliphatic heterocycles. The quantitative estimate of drug-likeness (QED) is 0.872. The number of nitrogens with two attached hydrogens (primary N) is 1. The van der Waals surface area contributed by atoms with Crippen molar-refractivity contribution >= 4 is 21.4 Å². The highest BCUT2D eigenvalue weighted by molar-refractivity contribution is 7.91. The van der Waals surface area contributed by atoms with Crippen LogP contribution in [0.25, 0.3) is 0 Å². The maximum atomic E-state index is 11.9. The van der Waals surface area contributed by atoms with Crippen molar-refractivity contribution in [2.45, 2.75) is 45.1 Å². The summed E-state index contributed by atoms with van der Waals surface area (Å²) in [6.07, 6.45) is 0.221. The fourth-order valence-electron chi connectivity index (χ4n) is 1.63. The van der Waals surface area contributed by atoms with Gasteiger partial charge in [0, 0.05) is 18.2 Å². The molecule has 1 aromatic rings. The standard InChI is InChI=1S/C15H24N2O3S/c1-5-21(19,20)12-8-6-11(7-9-12)17-14(18)10-13(16)15(2,3)4/h6-9,13H,5,10,16H2,1-4H3,(H,17,18). The summed E-state index contributed by atoms with van der Waals surface area (Å²) in [6, 6.07) is 5.93. The van der Waals surface area contributed by atoms with Crippen LogP contribution in [-0.4, -0.2) is 26.1 Å². The van der Waals surface area contributed by atoms with E-state index in [0.717, 1.165) is 0 Å². The number of amides is 1. The number of hydrogen-bond donors (Lipinski definition) is 2. The lowest BCUT2D eigenvalue weighted by Gasteiger charge is -2.26. The van der Waals surface area contributed by atoms with Gasteiger partial charge in [-0.3, -0.25) is 4.79 Å². The molecule has 0 aromatic heterocycles. The molecule has 21 heavy (non-hydrogen) atoms. The van der Waals surface area contributed by atoms with E-state index in [9.17, 15) is 13.2 Å². The fraction of sp³-hybridized carbons (Fsp3) is 0.533.